The number of piperazine rings is 1. The fraction of sp³-hybridized carbons (Fsp3) is 0.300. The Morgan fingerprint density at radius 1 is 1.25 bits per heavy atom. The average Bonchev–Trinajstić information content (AvgIpc) is 2.30. The van der Waals surface area contributed by atoms with Gasteiger partial charge in [0.1, 0.15) is 5.30 Å². The van der Waals surface area contributed by atoms with Crippen molar-refractivity contribution in [1.29, 1.82) is 0 Å². The molecule has 1 aromatic carbocycles. The van der Waals surface area contributed by atoms with E-state index >= 15 is 0 Å². The Morgan fingerprint density at radius 2 is 1.94 bits per heavy atom. The Morgan fingerprint density at radius 3 is 2.44 bits per heavy atom. The van der Waals surface area contributed by atoms with Crippen LogP contribution >= 0.6 is 8.38 Å². The monoisotopic (exact) mass is 241 g/mol. The first-order chi connectivity index (χ1) is 7.66. The molecule has 0 aliphatic carbocycles. The maximum Gasteiger partial charge on any atom is 0.287 e. The minimum Gasteiger partial charge on any atom is -0.353 e. The second-order valence-corrected chi connectivity index (χ2v) is 4.91. The highest BCUT2D eigenvalue weighted by molar-refractivity contribution is 7.54. The summed E-state index contributed by atoms with van der Waals surface area (Å²) in [5.41, 5.74) is 1.03. The van der Waals surface area contributed by atoms with E-state index in [0.29, 0.717) is 18.4 Å². The zero-order valence-corrected chi connectivity index (χ0v) is 9.60. The second-order valence-electron chi connectivity index (χ2n) is 3.68. The van der Waals surface area contributed by atoms with Gasteiger partial charge in [0.2, 0.25) is 5.91 Å². The van der Waals surface area contributed by atoms with E-state index in [9.17, 15) is 4.79 Å². The van der Waals surface area contributed by atoms with Crippen LogP contribution in [-0.2, 0) is 4.79 Å². The maximum atomic E-state index is 10.9. The molecule has 6 heteroatoms. The summed E-state index contributed by atoms with van der Waals surface area (Å²) in [6, 6.07) is 7.21. The molecule has 2 rings (SSSR count). The van der Waals surface area contributed by atoms with E-state index in [-0.39, 0.29) is 11.9 Å². The van der Waals surface area contributed by atoms with Crippen LogP contribution in [0.1, 0.15) is 11.6 Å². The van der Waals surface area contributed by atoms with Crippen molar-refractivity contribution in [1.82, 2.24) is 10.6 Å². The number of carbonyl (C=O) groups excluding carboxylic acids is 1. The van der Waals surface area contributed by atoms with Crippen LogP contribution in [0.5, 0.6) is 0 Å². The van der Waals surface area contributed by atoms with Crippen molar-refractivity contribution in [2.75, 3.05) is 13.1 Å². The third kappa shape index (κ3) is 2.57. The summed E-state index contributed by atoms with van der Waals surface area (Å²) in [5, 5.41) is 6.44. The van der Waals surface area contributed by atoms with Crippen molar-refractivity contribution < 1.29 is 14.6 Å². The van der Waals surface area contributed by atoms with Gasteiger partial charge in [-0.1, -0.05) is 12.1 Å². The number of benzene rings is 1. The van der Waals surface area contributed by atoms with Crippen molar-refractivity contribution in [3.63, 3.8) is 0 Å². The van der Waals surface area contributed by atoms with Crippen LogP contribution < -0.4 is 15.9 Å². The van der Waals surface area contributed by atoms with Gasteiger partial charge in [-0.05, 0) is 17.7 Å². The lowest BCUT2D eigenvalue weighted by Gasteiger charge is -2.24. The molecule has 86 valence electrons. The molecule has 5 nitrogen and oxygen atoms in total. The molecule has 4 N–H and O–H groups in total. The predicted octanol–water partition coefficient (Wildman–Crippen LogP) is -0.899. The lowest BCUT2D eigenvalue weighted by atomic mass is 10.1. The van der Waals surface area contributed by atoms with Gasteiger partial charge in [-0.3, -0.25) is 10.1 Å². The summed E-state index contributed by atoms with van der Waals surface area (Å²) in [5.74, 6) is 0.00378. The Balaban J connectivity index is 2.07. The molecule has 1 saturated heterocycles. The number of rotatable bonds is 2. The normalized spacial score (nSPS) is 20.9. The van der Waals surface area contributed by atoms with Crippen molar-refractivity contribution in [3.05, 3.63) is 29.8 Å². The first-order valence-corrected chi connectivity index (χ1v) is 6.41. The molecular formula is C10H14N2O3P+. The third-order valence-electron chi connectivity index (χ3n) is 2.58. The fourth-order valence-electron chi connectivity index (χ4n) is 1.67. The van der Waals surface area contributed by atoms with Crippen molar-refractivity contribution in [3.8, 4) is 0 Å². The summed E-state index contributed by atoms with van der Waals surface area (Å²) < 4.78 is 0. The van der Waals surface area contributed by atoms with Gasteiger partial charge in [-0.25, -0.2) is 9.79 Å². The topological polar surface area (TPSA) is 81.6 Å². The maximum absolute atomic E-state index is 10.9. The molecule has 1 amide bonds. The summed E-state index contributed by atoms with van der Waals surface area (Å²) in [6.45, 7) is 0.885. The number of hydrogen-bond acceptors (Lipinski definition) is 4. The predicted molar refractivity (Wildman–Crippen MR) is 62.6 cm³/mol. The van der Waals surface area contributed by atoms with Crippen LogP contribution in [0.4, 0.5) is 0 Å². The highest BCUT2D eigenvalue weighted by Gasteiger charge is 2.19. The highest BCUT2D eigenvalue weighted by Crippen LogP contribution is 2.23. The molecule has 0 bridgehead atoms. The standard InChI is InChI=1S/C10H13N2O3P/c13-10-6-11-9(5-12-10)7-1-3-8(4-2-7)16(14)15/h1-4,9,11,14-15H,5-6H2,(H,12,13)/p+1. The molecule has 1 aliphatic heterocycles. The largest absolute Gasteiger partial charge is 0.353 e. The van der Waals surface area contributed by atoms with Gasteiger partial charge in [0.15, 0.2) is 0 Å². The first kappa shape index (κ1) is 11.5. The zero-order chi connectivity index (χ0) is 11.5. The highest BCUT2D eigenvalue weighted by atomic mass is 31.2. The SMILES string of the molecule is O=C1CNC(c2ccc([PH+](O)O)cc2)CN1. The Labute approximate surface area is 94.4 Å². The van der Waals surface area contributed by atoms with Crippen molar-refractivity contribution >= 4 is 19.6 Å². The van der Waals surface area contributed by atoms with Crippen LogP contribution in [0.15, 0.2) is 24.3 Å². The molecule has 0 aromatic heterocycles. The fourth-order valence-corrected chi connectivity index (χ4v) is 2.13. The minimum absolute atomic E-state index is 0.00378. The summed E-state index contributed by atoms with van der Waals surface area (Å²) in [7, 11) is -2.36. The van der Waals surface area contributed by atoms with Gasteiger partial charge >= 0.3 is 0 Å². The van der Waals surface area contributed by atoms with E-state index in [4.69, 9.17) is 9.79 Å². The van der Waals surface area contributed by atoms with Crippen LogP contribution in [-0.4, -0.2) is 28.8 Å². The first-order valence-electron chi connectivity index (χ1n) is 5.02. The molecule has 1 atom stereocenters. The van der Waals surface area contributed by atoms with Crippen molar-refractivity contribution in [2.45, 2.75) is 6.04 Å². The molecule has 0 radical (unpaired) electrons. The number of nitrogens with one attached hydrogen (secondary N) is 2. The van der Waals surface area contributed by atoms with Gasteiger partial charge in [0, 0.05) is 6.54 Å². The van der Waals surface area contributed by atoms with Gasteiger partial charge in [0.05, 0.1) is 12.6 Å². The van der Waals surface area contributed by atoms with Crippen molar-refractivity contribution in [2.24, 2.45) is 0 Å². The average molecular weight is 241 g/mol. The Hall–Kier alpha value is -1.00. The summed E-state index contributed by atoms with van der Waals surface area (Å²) in [4.78, 5) is 29.0. The Kier molecular flexibility index (Phi) is 3.51. The third-order valence-corrected chi connectivity index (χ3v) is 3.43. The second kappa shape index (κ2) is 4.89. The van der Waals surface area contributed by atoms with Crippen LogP contribution in [0.3, 0.4) is 0 Å². The molecule has 1 heterocycles. The molecule has 1 aliphatic rings. The molecule has 1 fully saturated rings. The summed E-state index contributed by atoms with van der Waals surface area (Å²) in [6.07, 6.45) is 0. The molecular weight excluding hydrogens is 227 g/mol. The smallest absolute Gasteiger partial charge is 0.287 e. The molecule has 0 spiro atoms. The minimum atomic E-state index is -2.36. The molecule has 16 heavy (non-hydrogen) atoms. The van der Waals surface area contributed by atoms with Crippen LogP contribution in [0.2, 0.25) is 0 Å². The van der Waals surface area contributed by atoms with E-state index in [2.05, 4.69) is 10.6 Å². The van der Waals surface area contributed by atoms with Gasteiger partial charge < -0.3 is 5.32 Å². The van der Waals surface area contributed by atoms with Crippen LogP contribution in [0.25, 0.3) is 0 Å². The Bertz CT molecular complexity index is 370. The van der Waals surface area contributed by atoms with Gasteiger partial charge in [-0.2, -0.15) is 0 Å². The van der Waals surface area contributed by atoms with Gasteiger partial charge in [-0.15, -0.1) is 0 Å². The molecule has 1 unspecified atom stereocenters. The zero-order valence-electron chi connectivity index (χ0n) is 8.60. The van der Waals surface area contributed by atoms with E-state index < -0.39 is 8.38 Å². The van der Waals surface area contributed by atoms with Gasteiger partial charge in [0.25, 0.3) is 8.38 Å². The lowest BCUT2D eigenvalue weighted by Crippen LogP contribution is -2.46. The van der Waals surface area contributed by atoms with Crippen LogP contribution in [0, 0.1) is 0 Å². The molecule has 1 aromatic rings. The number of hydrogen-bond donors (Lipinski definition) is 4. The summed E-state index contributed by atoms with van der Waals surface area (Å²) >= 11 is 0. The van der Waals surface area contributed by atoms with E-state index in [1.54, 1.807) is 12.1 Å². The van der Waals surface area contributed by atoms with E-state index in [1.807, 2.05) is 12.1 Å². The lowest BCUT2D eigenvalue weighted by molar-refractivity contribution is -0.121. The molecule has 0 saturated carbocycles. The number of amides is 1. The number of carbonyl (C=O) groups is 1. The quantitative estimate of drug-likeness (QED) is 0.506. The van der Waals surface area contributed by atoms with E-state index in [1.165, 1.54) is 0 Å². The van der Waals surface area contributed by atoms with E-state index in [0.717, 1.165) is 5.56 Å².